The number of carbonyl (C=O) groups excluding carboxylic acids is 1. The molecule has 0 aliphatic rings. The zero-order valence-corrected chi connectivity index (χ0v) is 10.4. The number of ether oxygens (including phenoxy) is 1. The quantitative estimate of drug-likeness (QED) is 0.600. The normalized spacial score (nSPS) is 10.6. The lowest BCUT2D eigenvalue weighted by atomic mass is 10.5. The van der Waals surface area contributed by atoms with Crippen LogP contribution in [0.3, 0.4) is 0 Å². The summed E-state index contributed by atoms with van der Waals surface area (Å²) in [7, 11) is 0. The third kappa shape index (κ3) is 6.64. The SMILES string of the molecule is O=C(O)Cn1cc(NC(=O)NCCOCC(F)F)cn1. The maximum atomic E-state index is 11.7. The minimum atomic E-state index is -2.54. The van der Waals surface area contributed by atoms with Crippen LogP contribution in [0.2, 0.25) is 0 Å². The molecule has 0 radical (unpaired) electrons. The van der Waals surface area contributed by atoms with Crippen LogP contribution in [0.4, 0.5) is 19.3 Å². The summed E-state index contributed by atoms with van der Waals surface area (Å²) in [5, 5.41) is 17.0. The monoisotopic (exact) mass is 292 g/mol. The molecular weight excluding hydrogens is 278 g/mol. The summed E-state index contributed by atoms with van der Waals surface area (Å²) in [5.74, 6) is -1.06. The Bertz CT molecular complexity index is 452. The van der Waals surface area contributed by atoms with E-state index in [-0.39, 0.29) is 19.7 Å². The molecule has 1 aromatic heterocycles. The highest BCUT2D eigenvalue weighted by Crippen LogP contribution is 2.04. The van der Waals surface area contributed by atoms with Gasteiger partial charge in [-0.05, 0) is 0 Å². The van der Waals surface area contributed by atoms with Gasteiger partial charge in [-0.1, -0.05) is 0 Å². The Balaban J connectivity index is 2.21. The Labute approximate surface area is 112 Å². The molecular formula is C10H14F2N4O4. The number of nitrogens with zero attached hydrogens (tertiary/aromatic N) is 2. The molecule has 1 rings (SSSR count). The highest BCUT2D eigenvalue weighted by molar-refractivity contribution is 5.88. The first kappa shape index (κ1) is 15.8. The summed E-state index contributed by atoms with van der Waals surface area (Å²) in [6.07, 6.45) is 0.0977. The molecule has 0 aromatic carbocycles. The van der Waals surface area contributed by atoms with Crippen LogP contribution >= 0.6 is 0 Å². The van der Waals surface area contributed by atoms with Crippen molar-refractivity contribution in [3.8, 4) is 0 Å². The minimum Gasteiger partial charge on any atom is -0.480 e. The molecule has 8 nitrogen and oxygen atoms in total. The fourth-order valence-electron chi connectivity index (χ4n) is 1.24. The van der Waals surface area contributed by atoms with Crippen LogP contribution in [-0.4, -0.2) is 53.1 Å². The Morgan fingerprint density at radius 3 is 2.90 bits per heavy atom. The van der Waals surface area contributed by atoms with Crippen molar-refractivity contribution in [2.24, 2.45) is 0 Å². The number of urea groups is 1. The Morgan fingerprint density at radius 1 is 1.50 bits per heavy atom. The van der Waals surface area contributed by atoms with Crippen molar-refractivity contribution < 1.29 is 28.2 Å². The van der Waals surface area contributed by atoms with Crippen molar-refractivity contribution in [3.05, 3.63) is 12.4 Å². The zero-order chi connectivity index (χ0) is 15.0. The van der Waals surface area contributed by atoms with E-state index in [0.717, 1.165) is 4.68 Å². The lowest BCUT2D eigenvalue weighted by molar-refractivity contribution is -0.137. The number of amides is 2. The number of carbonyl (C=O) groups is 2. The van der Waals surface area contributed by atoms with Crippen molar-refractivity contribution in [1.29, 1.82) is 0 Å². The second-order valence-corrected chi connectivity index (χ2v) is 3.67. The van der Waals surface area contributed by atoms with Crippen LogP contribution in [0.15, 0.2) is 12.4 Å². The first-order valence-electron chi connectivity index (χ1n) is 5.62. The van der Waals surface area contributed by atoms with Crippen molar-refractivity contribution in [1.82, 2.24) is 15.1 Å². The van der Waals surface area contributed by atoms with E-state index in [2.05, 4.69) is 20.5 Å². The second kappa shape index (κ2) is 8.04. The summed E-state index contributed by atoms with van der Waals surface area (Å²) < 4.78 is 29.2. The lowest BCUT2D eigenvalue weighted by Gasteiger charge is -2.06. The predicted octanol–water partition coefficient (Wildman–Crippen LogP) is 0.371. The number of nitrogens with one attached hydrogen (secondary N) is 2. The van der Waals surface area contributed by atoms with Crippen LogP contribution in [0.1, 0.15) is 0 Å². The van der Waals surface area contributed by atoms with Gasteiger partial charge >= 0.3 is 12.0 Å². The van der Waals surface area contributed by atoms with E-state index >= 15 is 0 Å². The third-order valence-electron chi connectivity index (χ3n) is 1.96. The third-order valence-corrected chi connectivity index (χ3v) is 1.96. The predicted molar refractivity (Wildman–Crippen MR) is 63.7 cm³/mol. The van der Waals surface area contributed by atoms with Crippen LogP contribution in [-0.2, 0) is 16.1 Å². The van der Waals surface area contributed by atoms with Gasteiger partial charge in [0.15, 0.2) is 0 Å². The number of carboxylic acid groups (broad SMARTS) is 1. The molecule has 0 saturated carbocycles. The standard InChI is InChI=1S/C10H14F2N4O4/c11-8(12)6-20-2-1-13-10(19)15-7-3-14-16(4-7)5-9(17)18/h3-4,8H,1-2,5-6H2,(H,17,18)(H2,13,15,19). The number of hydrogen-bond acceptors (Lipinski definition) is 4. The van der Waals surface area contributed by atoms with Gasteiger partial charge in [-0.25, -0.2) is 13.6 Å². The molecule has 20 heavy (non-hydrogen) atoms. The van der Waals surface area contributed by atoms with Gasteiger partial charge in [0.25, 0.3) is 6.43 Å². The van der Waals surface area contributed by atoms with Crippen molar-refractivity contribution in [2.75, 3.05) is 25.1 Å². The average Bonchev–Trinajstić information content (AvgIpc) is 2.74. The molecule has 0 bridgehead atoms. The molecule has 112 valence electrons. The summed E-state index contributed by atoms with van der Waals surface area (Å²) in [5.41, 5.74) is 0.317. The van der Waals surface area contributed by atoms with Crippen LogP contribution < -0.4 is 10.6 Å². The van der Waals surface area contributed by atoms with E-state index in [0.29, 0.717) is 5.69 Å². The van der Waals surface area contributed by atoms with Gasteiger partial charge in [0.2, 0.25) is 0 Å². The van der Waals surface area contributed by atoms with Gasteiger partial charge in [0.05, 0.1) is 18.5 Å². The maximum absolute atomic E-state index is 11.7. The molecule has 0 aliphatic heterocycles. The number of alkyl halides is 2. The van der Waals surface area contributed by atoms with E-state index in [1.807, 2.05) is 0 Å². The van der Waals surface area contributed by atoms with Gasteiger partial charge in [0.1, 0.15) is 13.2 Å². The number of rotatable bonds is 8. The molecule has 10 heteroatoms. The van der Waals surface area contributed by atoms with Crippen molar-refractivity contribution in [2.45, 2.75) is 13.0 Å². The zero-order valence-electron chi connectivity index (χ0n) is 10.4. The molecule has 0 spiro atoms. The van der Waals surface area contributed by atoms with Gasteiger partial charge in [-0.15, -0.1) is 0 Å². The van der Waals surface area contributed by atoms with Crippen LogP contribution in [0.5, 0.6) is 0 Å². The summed E-state index contributed by atoms with van der Waals surface area (Å²) in [4.78, 5) is 21.8. The van der Waals surface area contributed by atoms with Gasteiger partial charge in [-0.3, -0.25) is 9.48 Å². The van der Waals surface area contributed by atoms with Gasteiger partial charge in [0, 0.05) is 12.7 Å². The summed E-state index contributed by atoms with van der Waals surface area (Å²) >= 11 is 0. The molecule has 0 atom stereocenters. The number of aromatic nitrogens is 2. The van der Waals surface area contributed by atoms with E-state index in [9.17, 15) is 18.4 Å². The summed E-state index contributed by atoms with van der Waals surface area (Å²) in [6.45, 7) is -0.951. The molecule has 0 aliphatic carbocycles. The topological polar surface area (TPSA) is 105 Å². The van der Waals surface area contributed by atoms with E-state index < -0.39 is 25.0 Å². The molecule has 3 N–H and O–H groups in total. The summed E-state index contributed by atoms with van der Waals surface area (Å²) in [6, 6.07) is -0.569. The Morgan fingerprint density at radius 2 is 2.25 bits per heavy atom. The number of carboxylic acids is 1. The van der Waals surface area contributed by atoms with E-state index in [4.69, 9.17) is 5.11 Å². The molecule has 2 amide bonds. The number of aliphatic carboxylic acids is 1. The molecule has 0 saturated heterocycles. The first-order valence-corrected chi connectivity index (χ1v) is 5.62. The largest absolute Gasteiger partial charge is 0.480 e. The van der Waals surface area contributed by atoms with Crippen LogP contribution in [0.25, 0.3) is 0 Å². The minimum absolute atomic E-state index is 0.0317. The number of halogens is 2. The molecule has 0 unspecified atom stereocenters. The second-order valence-electron chi connectivity index (χ2n) is 3.67. The smallest absolute Gasteiger partial charge is 0.325 e. The van der Waals surface area contributed by atoms with Crippen LogP contribution in [0, 0.1) is 0 Å². The van der Waals surface area contributed by atoms with Gasteiger partial charge in [-0.2, -0.15) is 5.10 Å². The molecule has 1 aromatic rings. The number of hydrogen-bond donors (Lipinski definition) is 3. The Kier molecular flexibility index (Phi) is 6.37. The van der Waals surface area contributed by atoms with E-state index in [1.54, 1.807) is 0 Å². The first-order chi connectivity index (χ1) is 9.47. The van der Waals surface area contributed by atoms with E-state index in [1.165, 1.54) is 12.4 Å². The van der Waals surface area contributed by atoms with Crippen molar-refractivity contribution >= 4 is 17.7 Å². The fourth-order valence-corrected chi connectivity index (χ4v) is 1.24. The molecule has 1 heterocycles. The molecule has 0 fully saturated rings. The number of anilines is 1. The highest BCUT2D eigenvalue weighted by Gasteiger charge is 2.06. The average molecular weight is 292 g/mol. The van der Waals surface area contributed by atoms with Gasteiger partial charge < -0.3 is 20.5 Å². The Hall–Kier alpha value is -2.23. The lowest BCUT2D eigenvalue weighted by Crippen LogP contribution is -2.31. The highest BCUT2D eigenvalue weighted by atomic mass is 19.3. The maximum Gasteiger partial charge on any atom is 0.325 e. The fraction of sp³-hybridized carbons (Fsp3) is 0.500. The van der Waals surface area contributed by atoms with Crippen molar-refractivity contribution in [3.63, 3.8) is 0 Å².